The van der Waals surface area contributed by atoms with Crippen LogP contribution in [0.3, 0.4) is 0 Å². The Labute approximate surface area is 162 Å². The van der Waals surface area contributed by atoms with E-state index in [1.165, 1.54) is 12.8 Å². The Morgan fingerprint density at radius 1 is 1.26 bits per heavy atom. The number of hydrogen-bond acceptors (Lipinski definition) is 3. The number of rotatable bonds is 5. The van der Waals surface area contributed by atoms with E-state index in [1.807, 2.05) is 18.2 Å². The summed E-state index contributed by atoms with van der Waals surface area (Å²) < 4.78 is 6.14. The summed E-state index contributed by atoms with van der Waals surface area (Å²) in [4.78, 5) is 18.3. The lowest BCUT2D eigenvalue weighted by Gasteiger charge is -2.39. The third kappa shape index (κ3) is 5.70. The first-order valence-electron chi connectivity index (χ1n) is 9.99. The fourth-order valence-corrected chi connectivity index (χ4v) is 3.94. The highest BCUT2D eigenvalue weighted by atomic mass is 16.5. The molecule has 1 unspecified atom stereocenters. The SMILES string of the molecule is CN(C)C(=O)CNC(=NCc1ccccc1)NC1CCOC2(CCCC2)C1. The van der Waals surface area contributed by atoms with Gasteiger partial charge >= 0.3 is 0 Å². The van der Waals surface area contributed by atoms with Crippen LogP contribution in [0.5, 0.6) is 0 Å². The van der Waals surface area contributed by atoms with Crippen LogP contribution in [0.25, 0.3) is 0 Å². The summed E-state index contributed by atoms with van der Waals surface area (Å²) in [5, 5.41) is 6.76. The molecular weight excluding hydrogens is 340 g/mol. The second-order valence-electron chi connectivity index (χ2n) is 7.86. The molecule has 0 bridgehead atoms. The summed E-state index contributed by atoms with van der Waals surface area (Å²) >= 11 is 0. The van der Waals surface area contributed by atoms with Gasteiger partial charge in [0.1, 0.15) is 0 Å². The summed E-state index contributed by atoms with van der Waals surface area (Å²) in [5.41, 5.74) is 1.21. The summed E-state index contributed by atoms with van der Waals surface area (Å²) in [6.07, 6.45) is 6.83. The van der Waals surface area contributed by atoms with E-state index in [-0.39, 0.29) is 18.1 Å². The van der Waals surface area contributed by atoms with Crippen LogP contribution in [0, 0.1) is 0 Å². The minimum atomic E-state index is 0.0310. The Hall–Kier alpha value is -2.08. The normalized spacial score (nSPS) is 21.9. The molecular formula is C21H32N4O2. The van der Waals surface area contributed by atoms with Crippen molar-refractivity contribution in [3.8, 4) is 0 Å². The number of nitrogens with zero attached hydrogens (tertiary/aromatic N) is 2. The molecule has 6 heteroatoms. The number of nitrogens with one attached hydrogen (secondary N) is 2. The number of hydrogen-bond donors (Lipinski definition) is 2. The molecule has 2 N–H and O–H groups in total. The molecule has 1 spiro atoms. The van der Waals surface area contributed by atoms with E-state index in [2.05, 4.69) is 22.8 Å². The van der Waals surface area contributed by atoms with E-state index in [9.17, 15) is 4.79 Å². The molecule has 1 atom stereocenters. The quantitative estimate of drug-likeness (QED) is 0.615. The smallest absolute Gasteiger partial charge is 0.241 e. The van der Waals surface area contributed by atoms with Gasteiger partial charge in [-0.2, -0.15) is 0 Å². The molecule has 1 aliphatic carbocycles. The molecule has 2 aliphatic rings. The van der Waals surface area contributed by atoms with Crippen molar-refractivity contribution in [2.75, 3.05) is 27.2 Å². The standard InChI is InChI=1S/C21H32N4O2/c1-25(2)19(26)16-23-20(22-15-17-8-4-3-5-9-17)24-18-10-13-27-21(14-18)11-6-7-12-21/h3-5,8-9,18H,6-7,10-16H2,1-2H3,(H2,22,23,24). The summed E-state index contributed by atoms with van der Waals surface area (Å²) in [6.45, 7) is 1.61. The maximum Gasteiger partial charge on any atom is 0.241 e. The van der Waals surface area contributed by atoms with E-state index >= 15 is 0 Å². The number of carbonyl (C=O) groups is 1. The van der Waals surface area contributed by atoms with Crippen molar-refractivity contribution in [1.29, 1.82) is 0 Å². The second kappa shape index (κ2) is 9.22. The highest BCUT2D eigenvalue weighted by Gasteiger charge is 2.40. The zero-order valence-corrected chi connectivity index (χ0v) is 16.5. The molecule has 1 aromatic carbocycles. The zero-order chi connectivity index (χ0) is 19.1. The van der Waals surface area contributed by atoms with Crippen molar-refractivity contribution in [3.05, 3.63) is 35.9 Å². The van der Waals surface area contributed by atoms with Crippen molar-refractivity contribution in [2.24, 2.45) is 4.99 Å². The Bertz CT molecular complexity index is 639. The van der Waals surface area contributed by atoms with Crippen LogP contribution in [-0.2, 0) is 16.1 Å². The van der Waals surface area contributed by atoms with E-state index in [0.29, 0.717) is 18.5 Å². The maximum absolute atomic E-state index is 12.0. The van der Waals surface area contributed by atoms with Gasteiger partial charge in [0.2, 0.25) is 5.91 Å². The highest BCUT2D eigenvalue weighted by molar-refractivity contribution is 5.86. The Balaban J connectivity index is 1.63. The van der Waals surface area contributed by atoms with Crippen molar-refractivity contribution in [2.45, 2.75) is 56.7 Å². The predicted molar refractivity (Wildman–Crippen MR) is 108 cm³/mol. The number of carbonyl (C=O) groups excluding carboxylic acids is 1. The van der Waals surface area contributed by atoms with Gasteiger partial charge in [0, 0.05) is 26.7 Å². The van der Waals surface area contributed by atoms with Gasteiger partial charge in [0.05, 0.1) is 18.7 Å². The van der Waals surface area contributed by atoms with Crippen LogP contribution in [0.1, 0.15) is 44.1 Å². The van der Waals surface area contributed by atoms with Crippen LogP contribution in [0.4, 0.5) is 0 Å². The third-order valence-corrected chi connectivity index (χ3v) is 5.52. The molecule has 1 heterocycles. The second-order valence-corrected chi connectivity index (χ2v) is 7.86. The largest absolute Gasteiger partial charge is 0.375 e. The number of amides is 1. The van der Waals surface area contributed by atoms with Gasteiger partial charge in [-0.15, -0.1) is 0 Å². The van der Waals surface area contributed by atoms with Crippen LogP contribution in [0.15, 0.2) is 35.3 Å². The van der Waals surface area contributed by atoms with Crippen LogP contribution in [0.2, 0.25) is 0 Å². The third-order valence-electron chi connectivity index (χ3n) is 5.52. The van der Waals surface area contributed by atoms with E-state index in [0.717, 1.165) is 37.9 Å². The first kappa shape index (κ1) is 19.7. The molecule has 0 radical (unpaired) electrons. The van der Waals surface area contributed by atoms with Gasteiger partial charge in [-0.05, 0) is 31.2 Å². The van der Waals surface area contributed by atoms with Crippen molar-refractivity contribution < 1.29 is 9.53 Å². The molecule has 1 saturated heterocycles. The lowest BCUT2D eigenvalue weighted by Crippen LogP contribution is -2.51. The molecule has 2 fully saturated rings. The first-order chi connectivity index (χ1) is 13.1. The Kier molecular flexibility index (Phi) is 6.72. The molecule has 1 amide bonds. The first-order valence-corrected chi connectivity index (χ1v) is 9.99. The Morgan fingerprint density at radius 3 is 2.70 bits per heavy atom. The predicted octanol–water partition coefficient (Wildman–Crippen LogP) is 2.30. The van der Waals surface area contributed by atoms with Crippen molar-refractivity contribution >= 4 is 11.9 Å². The fourth-order valence-electron chi connectivity index (χ4n) is 3.94. The maximum atomic E-state index is 12.0. The minimum Gasteiger partial charge on any atom is -0.375 e. The molecule has 3 rings (SSSR count). The topological polar surface area (TPSA) is 66.0 Å². The average molecular weight is 373 g/mol. The molecule has 27 heavy (non-hydrogen) atoms. The van der Waals surface area contributed by atoms with Gasteiger partial charge < -0.3 is 20.3 Å². The Morgan fingerprint density at radius 2 is 2.00 bits per heavy atom. The minimum absolute atomic E-state index is 0.0310. The van der Waals surface area contributed by atoms with Gasteiger partial charge in [-0.3, -0.25) is 4.79 Å². The summed E-state index contributed by atoms with van der Waals surface area (Å²) in [5.74, 6) is 0.734. The van der Waals surface area contributed by atoms with E-state index in [1.54, 1.807) is 19.0 Å². The molecule has 148 valence electrons. The van der Waals surface area contributed by atoms with Gasteiger partial charge in [0.15, 0.2) is 5.96 Å². The van der Waals surface area contributed by atoms with Crippen molar-refractivity contribution in [3.63, 3.8) is 0 Å². The average Bonchev–Trinajstić information content (AvgIpc) is 3.11. The van der Waals surface area contributed by atoms with Crippen LogP contribution in [-0.4, -0.2) is 55.7 Å². The van der Waals surface area contributed by atoms with Gasteiger partial charge in [-0.25, -0.2) is 4.99 Å². The van der Waals surface area contributed by atoms with Crippen molar-refractivity contribution in [1.82, 2.24) is 15.5 Å². The van der Waals surface area contributed by atoms with Gasteiger partial charge in [0.25, 0.3) is 0 Å². The molecule has 1 aliphatic heterocycles. The monoisotopic (exact) mass is 372 g/mol. The number of benzene rings is 1. The number of guanidine groups is 1. The van der Waals surface area contributed by atoms with E-state index in [4.69, 9.17) is 9.73 Å². The molecule has 1 aromatic rings. The highest BCUT2D eigenvalue weighted by Crippen LogP contribution is 2.39. The lowest BCUT2D eigenvalue weighted by molar-refractivity contribution is -0.127. The van der Waals surface area contributed by atoms with Crippen LogP contribution >= 0.6 is 0 Å². The zero-order valence-electron chi connectivity index (χ0n) is 16.5. The molecule has 1 saturated carbocycles. The van der Waals surface area contributed by atoms with Crippen LogP contribution < -0.4 is 10.6 Å². The number of aliphatic imine (C=N–C) groups is 1. The summed E-state index contributed by atoms with van der Waals surface area (Å²) in [7, 11) is 3.53. The molecule has 6 nitrogen and oxygen atoms in total. The number of likely N-dealkylation sites (N-methyl/N-ethyl adjacent to an activating group) is 1. The number of ether oxygens (including phenoxy) is 1. The van der Waals surface area contributed by atoms with E-state index < -0.39 is 0 Å². The fraction of sp³-hybridized carbons (Fsp3) is 0.619. The summed E-state index contributed by atoms with van der Waals surface area (Å²) in [6, 6.07) is 10.5. The van der Waals surface area contributed by atoms with Gasteiger partial charge in [-0.1, -0.05) is 43.2 Å². The molecule has 0 aromatic heterocycles. The lowest BCUT2D eigenvalue weighted by atomic mass is 9.89.